The Labute approximate surface area is 88.4 Å². The van der Waals surface area contributed by atoms with E-state index in [4.69, 9.17) is 4.74 Å². The lowest BCUT2D eigenvalue weighted by atomic mass is 10.2. The molecule has 0 aliphatic carbocycles. The summed E-state index contributed by atoms with van der Waals surface area (Å²) in [7, 11) is 0. The van der Waals surface area contributed by atoms with Crippen molar-refractivity contribution in [1.29, 1.82) is 0 Å². The summed E-state index contributed by atoms with van der Waals surface area (Å²) in [4.78, 5) is 0. The van der Waals surface area contributed by atoms with Crippen LogP contribution in [0.2, 0.25) is 0 Å². The Kier molecular flexibility index (Phi) is 7.06. The molecule has 1 atom stereocenters. The molecule has 84 valence electrons. The summed E-state index contributed by atoms with van der Waals surface area (Å²) in [5.74, 6) is 0. The molecule has 1 aliphatic rings. The first-order valence-corrected chi connectivity index (χ1v) is 6.24. The van der Waals surface area contributed by atoms with Gasteiger partial charge in [-0.3, -0.25) is 0 Å². The van der Waals surface area contributed by atoms with Crippen molar-refractivity contribution in [3.05, 3.63) is 0 Å². The van der Waals surface area contributed by atoms with Gasteiger partial charge < -0.3 is 10.1 Å². The van der Waals surface area contributed by atoms with E-state index in [9.17, 15) is 0 Å². The SMILES string of the molecule is CCCCCCCOC[C@H]1CCCN1. The summed E-state index contributed by atoms with van der Waals surface area (Å²) >= 11 is 0. The first kappa shape index (κ1) is 12.0. The molecule has 1 heterocycles. The second-order valence-corrected chi connectivity index (χ2v) is 4.28. The summed E-state index contributed by atoms with van der Waals surface area (Å²) in [5, 5.41) is 3.44. The highest BCUT2D eigenvalue weighted by molar-refractivity contribution is 4.73. The van der Waals surface area contributed by atoms with Crippen LogP contribution in [-0.4, -0.2) is 25.8 Å². The maximum absolute atomic E-state index is 5.64. The first-order chi connectivity index (χ1) is 6.93. The van der Waals surface area contributed by atoms with E-state index < -0.39 is 0 Å². The molecule has 0 saturated carbocycles. The molecule has 0 aromatic heterocycles. The van der Waals surface area contributed by atoms with E-state index in [1.807, 2.05) is 0 Å². The van der Waals surface area contributed by atoms with E-state index in [0.717, 1.165) is 13.2 Å². The van der Waals surface area contributed by atoms with Gasteiger partial charge in [0.15, 0.2) is 0 Å². The van der Waals surface area contributed by atoms with Gasteiger partial charge in [0.05, 0.1) is 6.61 Å². The molecule has 2 heteroatoms. The van der Waals surface area contributed by atoms with Gasteiger partial charge in [-0.25, -0.2) is 0 Å². The van der Waals surface area contributed by atoms with E-state index in [1.165, 1.54) is 51.5 Å². The molecule has 1 saturated heterocycles. The lowest BCUT2D eigenvalue weighted by molar-refractivity contribution is 0.112. The monoisotopic (exact) mass is 199 g/mol. The molecule has 14 heavy (non-hydrogen) atoms. The minimum absolute atomic E-state index is 0.644. The number of hydrogen-bond donors (Lipinski definition) is 1. The number of unbranched alkanes of at least 4 members (excludes halogenated alkanes) is 4. The van der Waals surface area contributed by atoms with Gasteiger partial charge in [0, 0.05) is 12.6 Å². The molecule has 1 aliphatic heterocycles. The molecule has 2 nitrogen and oxygen atoms in total. The molecule has 0 bridgehead atoms. The highest BCUT2D eigenvalue weighted by Crippen LogP contribution is 2.06. The van der Waals surface area contributed by atoms with Crippen LogP contribution in [0.4, 0.5) is 0 Å². The van der Waals surface area contributed by atoms with Crippen LogP contribution in [0, 0.1) is 0 Å². The number of ether oxygens (including phenoxy) is 1. The summed E-state index contributed by atoms with van der Waals surface area (Å²) in [6.07, 6.45) is 9.29. The van der Waals surface area contributed by atoms with Crippen molar-refractivity contribution in [2.24, 2.45) is 0 Å². The van der Waals surface area contributed by atoms with E-state index >= 15 is 0 Å². The fourth-order valence-electron chi connectivity index (χ4n) is 1.93. The lowest BCUT2D eigenvalue weighted by Crippen LogP contribution is -2.26. The highest BCUT2D eigenvalue weighted by Gasteiger charge is 2.12. The third-order valence-corrected chi connectivity index (χ3v) is 2.87. The van der Waals surface area contributed by atoms with E-state index in [0.29, 0.717) is 6.04 Å². The summed E-state index contributed by atoms with van der Waals surface area (Å²) < 4.78 is 5.64. The van der Waals surface area contributed by atoms with Gasteiger partial charge in [0.1, 0.15) is 0 Å². The second-order valence-electron chi connectivity index (χ2n) is 4.28. The fourth-order valence-corrected chi connectivity index (χ4v) is 1.93. The molecule has 0 unspecified atom stereocenters. The van der Waals surface area contributed by atoms with Gasteiger partial charge in [0.2, 0.25) is 0 Å². The summed E-state index contributed by atoms with van der Waals surface area (Å²) in [5.41, 5.74) is 0. The number of hydrogen-bond acceptors (Lipinski definition) is 2. The molecule has 1 N–H and O–H groups in total. The molecule has 0 aromatic carbocycles. The average molecular weight is 199 g/mol. The Morgan fingerprint density at radius 3 is 2.79 bits per heavy atom. The molecule has 0 amide bonds. The van der Waals surface area contributed by atoms with Crippen LogP contribution < -0.4 is 5.32 Å². The maximum atomic E-state index is 5.64. The zero-order chi connectivity index (χ0) is 10.1. The zero-order valence-electron chi connectivity index (χ0n) is 9.56. The molecular weight excluding hydrogens is 174 g/mol. The predicted octanol–water partition coefficient (Wildman–Crippen LogP) is 2.73. The van der Waals surface area contributed by atoms with Gasteiger partial charge in [-0.05, 0) is 25.8 Å². The van der Waals surface area contributed by atoms with E-state index in [1.54, 1.807) is 0 Å². The van der Waals surface area contributed by atoms with Crippen LogP contribution in [0.15, 0.2) is 0 Å². The van der Waals surface area contributed by atoms with Gasteiger partial charge in [-0.2, -0.15) is 0 Å². The van der Waals surface area contributed by atoms with Crippen molar-refractivity contribution in [1.82, 2.24) is 5.32 Å². The lowest BCUT2D eigenvalue weighted by Gasteiger charge is -2.10. The quantitative estimate of drug-likeness (QED) is 0.607. The third kappa shape index (κ3) is 5.61. The largest absolute Gasteiger partial charge is 0.380 e. The zero-order valence-corrected chi connectivity index (χ0v) is 9.56. The molecule has 0 aromatic rings. The Morgan fingerprint density at radius 2 is 2.07 bits per heavy atom. The first-order valence-electron chi connectivity index (χ1n) is 6.24. The molecule has 1 fully saturated rings. The van der Waals surface area contributed by atoms with Crippen LogP contribution in [0.3, 0.4) is 0 Å². The van der Waals surface area contributed by atoms with Crippen LogP contribution in [0.5, 0.6) is 0 Å². The van der Waals surface area contributed by atoms with E-state index in [2.05, 4.69) is 12.2 Å². The Balaban J connectivity index is 1.75. The van der Waals surface area contributed by atoms with E-state index in [-0.39, 0.29) is 0 Å². The van der Waals surface area contributed by atoms with Gasteiger partial charge in [-0.15, -0.1) is 0 Å². The Morgan fingerprint density at radius 1 is 1.21 bits per heavy atom. The van der Waals surface area contributed by atoms with Crippen molar-refractivity contribution in [3.63, 3.8) is 0 Å². The number of nitrogens with one attached hydrogen (secondary N) is 1. The van der Waals surface area contributed by atoms with Gasteiger partial charge >= 0.3 is 0 Å². The molecule has 1 rings (SSSR count). The normalized spacial score (nSPS) is 21.6. The molecule has 0 radical (unpaired) electrons. The maximum Gasteiger partial charge on any atom is 0.0619 e. The van der Waals surface area contributed by atoms with Crippen molar-refractivity contribution in [2.45, 2.75) is 57.9 Å². The summed E-state index contributed by atoms with van der Waals surface area (Å²) in [6, 6.07) is 0.644. The molecule has 0 spiro atoms. The van der Waals surface area contributed by atoms with Crippen molar-refractivity contribution < 1.29 is 4.74 Å². The van der Waals surface area contributed by atoms with Crippen molar-refractivity contribution >= 4 is 0 Å². The highest BCUT2D eigenvalue weighted by atomic mass is 16.5. The van der Waals surface area contributed by atoms with Crippen LogP contribution >= 0.6 is 0 Å². The number of rotatable bonds is 8. The Bertz CT molecular complexity index is 121. The smallest absolute Gasteiger partial charge is 0.0619 e. The minimum atomic E-state index is 0.644. The van der Waals surface area contributed by atoms with Crippen molar-refractivity contribution in [3.8, 4) is 0 Å². The fraction of sp³-hybridized carbons (Fsp3) is 1.00. The molecular formula is C12H25NO. The van der Waals surface area contributed by atoms with Crippen LogP contribution in [-0.2, 0) is 4.74 Å². The minimum Gasteiger partial charge on any atom is -0.380 e. The van der Waals surface area contributed by atoms with Crippen molar-refractivity contribution in [2.75, 3.05) is 19.8 Å². The van der Waals surface area contributed by atoms with Gasteiger partial charge in [0.25, 0.3) is 0 Å². The second kappa shape index (κ2) is 8.25. The third-order valence-electron chi connectivity index (χ3n) is 2.87. The Hall–Kier alpha value is -0.0800. The average Bonchev–Trinajstić information content (AvgIpc) is 2.69. The summed E-state index contributed by atoms with van der Waals surface area (Å²) in [6.45, 7) is 5.32. The van der Waals surface area contributed by atoms with Crippen LogP contribution in [0.1, 0.15) is 51.9 Å². The van der Waals surface area contributed by atoms with Crippen LogP contribution in [0.25, 0.3) is 0 Å². The topological polar surface area (TPSA) is 21.3 Å². The van der Waals surface area contributed by atoms with Gasteiger partial charge in [-0.1, -0.05) is 32.6 Å². The standard InChI is InChI=1S/C12H25NO/c1-2-3-4-5-6-10-14-11-12-8-7-9-13-12/h12-13H,2-11H2,1H3/t12-/m1/s1. The predicted molar refractivity (Wildman–Crippen MR) is 60.6 cm³/mol.